The van der Waals surface area contributed by atoms with Crippen LogP contribution in [0.25, 0.3) is 11.3 Å². The van der Waals surface area contributed by atoms with Crippen LogP contribution < -0.4 is 9.47 Å². The molecule has 2 aromatic rings. The first-order valence-electron chi connectivity index (χ1n) is 16.4. The maximum atomic E-state index is 12.9. The van der Waals surface area contributed by atoms with Gasteiger partial charge in [-0.1, -0.05) is 90.9 Å². The van der Waals surface area contributed by atoms with Crippen molar-refractivity contribution in [1.82, 2.24) is 4.98 Å². The SMILES string of the molecule is CCCCCCCCCOc1ccc(-c2ccc(OC(=O)[C@H]3CC[C@@](C#N)(CCCCCCCC)CC3)cc2)nc1. The van der Waals surface area contributed by atoms with Crippen molar-refractivity contribution in [2.45, 2.75) is 129 Å². The molecule has 0 radical (unpaired) electrons. The summed E-state index contributed by atoms with van der Waals surface area (Å²) in [5.74, 6) is 1.04. The normalized spacial score (nSPS) is 18.5. The number of carbonyl (C=O) groups is 1. The van der Waals surface area contributed by atoms with Crippen LogP contribution >= 0.6 is 0 Å². The molecule has 0 amide bonds. The van der Waals surface area contributed by atoms with Crippen LogP contribution in [0.5, 0.6) is 11.5 Å². The number of ether oxygens (including phenoxy) is 2. The summed E-state index contributed by atoms with van der Waals surface area (Å²) in [5, 5.41) is 9.89. The zero-order chi connectivity index (χ0) is 29.2. The van der Waals surface area contributed by atoms with Gasteiger partial charge < -0.3 is 9.47 Å². The number of hydrogen-bond acceptors (Lipinski definition) is 5. The summed E-state index contributed by atoms with van der Waals surface area (Å²) in [5.41, 5.74) is 1.57. The van der Waals surface area contributed by atoms with E-state index in [0.717, 1.165) is 68.6 Å². The van der Waals surface area contributed by atoms with E-state index < -0.39 is 0 Å². The van der Waals surface area contributed by atoms with Crippen LogP contribution in [0.1, 0.15) is 129 Å². The molecule has 0 bridgehead atoms. The van der Waals surface area contributed by atoms with Crippen molar-refractivity contribution in [2.24, 2.45) is 11.3 Å². The summed E-state index contributed by atoms with van der Waals surface area (Å²) in [4.78, 5) is 17.4. The Kier molecular flexibility index (Phi) is 14.8. The Bertz CT molecular complexity index is 1030. The Morgan fingerprint density at radius 1 is 0.829 bits per heavy atom. The summed E-state index contributed by atoms with van der Waals surface area (Å²) < 4.78 is 11.6. The van der Waals surface area contributed by atoms with Gasteiger partial charge in [-0.05, 0) is 74.9 Å². The third-order valence-electron chi connectivity index (χ3n) is 8.64. The van der Waals surface area contributed by atoms with Crippen LogP contribution in [0, 0.1) is 22.7 Å². The Hall–Kier alpha value is -2.87. The molecule has 1 heterocycles. The lowest BCUT2D eigenvalue weighted by Crippen LogP contribution is -2.31. The van der Waals surface area contributed by atoms with Gasteiger partial charge in [0.1, 0.15) is 11.5 Å². The predicted molar refractivity (Wildman–Crippen MR) is 167 cm³/mol. The first-order valence-corrected chi connectivity index (χ1v) is 16.4. The fraction of sp³-hybridized carbons (Fsp3) is 0.639. The Morgan fingerprint density at radius 2 is 1.41 bits per heavy atom. The number of unbranched alkanes of at least 4 members (excludes halogenated alkanes) is 11. The molecular weight excluding hydrogens is 508 g/mol. The maximum Gasteiger partial charge on any atom is 0.314 e. The second-order valence-electron chi connectivity index (χ2n) is 12.0. The number of pyridine rings is 1. The van der Waals surface area contributed by atoms with Crippen LogP contribution in [0.3, 0.4) is 0 Å². The first kappa shape index (κ1) is 32.6. The van der Waals surface area contributed by atoms with Gasteiger partial charge in [0.05, 0.1) is 35.9 Å². The van der Waals surface area contributed by atoms with Crippen LogP contribution in [-0.2, 0) is 4.79 Å². The largest absolute Gasteiger partial charge is 0.492 e. The van der Waals surface area contributed by atoms with E-state index in [1.54, 1.807) is 6.20 Å². The van der Waals surface area contributed by atoms with Gasteiger partial charge in [-0.3, -0.25) is 9.78 Å². The number of nitriles is 1. The number of esters is 1. The van der Waals surface area contributed by atoms with Gasteiger partial charge in [0.25, 0.3) is 0 Å². The van der Waals surface area contributed by atoms with Crippen molar-refractivity contribution in [1.29, 1.82) is 5.26 Å². The molecule has 1 aromatic heterocycles. The molecule has 5 nitrogen and oxygen atoms in total. The van der Waals surface area contributed by atoms with Crippen molar-refractivity contribution in [3.8, 4) is 28.8 Å². The fourth-order valence-electron chi connectivity index (χ4n) is 5.85. The van der Waals surface area contributed by atoms with E-state index in [0.29, 0.717) is 5.75 Å². The van der Waals surface area contributed by atoms with Crippen LogP contribution in [-0.4, -0.2) is 17.6 Å². The zero-order valence-corrected chi connectivity index (χ0v) is 25.7. The Labute approximate surface area is 249 Å². The van der Waals surface area contributed by atoms with Gasteiger partial charge in [0, 0.05) is 5.56 Å². The molecule has 1 saturated carbocycles. The summed E-state index contributed by atoms with van der Waals surface area (Å²) in [6, 6.07) is 14.1. The van der Waals surface area contributed by atoms with E-state index in [1.807, 2.05) is 36.4 Å². The van der Waals surface area contributed by atoms with Crippen LogP contribution in [0.15, 0.2) is 42.6 Å². The lowest BCUT2D eigenvalue weighted by molar-refractivity contribution is -0.140. The number of rotatable bonds is 19. The maximum absolute atomic E-state index is 12.9. The average Bonchev–Trinajstić information content (AvgIpc) is 3.01. The molecule has 1 fully saturated rings. The number of hydrogen-bond donors (Lipinski definition) is 0. The fourth-order valence-corrected chi connectivity index (χ4v) is 5.85. The van der Waals surface area contributed by atoms with Crippen molar-refractivity contribution in [3.05, 3.63) is 42.6 Å². The highest BCUT2D eigenvalue weighted by molar-refractivity contribution is 5.75. The minimum atomic E-state index is -0.259. The molecule has 0 atom stereocenters. The Morgan fingerprint density at radius 3 is 2.00 bits per heavy atom. The zero-order valence-electron chi connectivity index (χ0n) is 25.7. The van der Waals surface area contributed by atoms with Gasteiger partial charge in [-0.15, -0.1) is 0 Å². The molecule has 1 aromatic carbocycles. The molecule has 0 unspecified atom stereocenters. The second-order valence-corrected chi connectivity index (χ2v) is 12.0. The lowest BCUT2D eigenvalue weighted by Gasteiger charge is -2.34. The van der Waals surface area contributed by atoms with Gasteiger partial charge >= 0.3 is 5.97 Å². The Balaban J connectivity index is 1.38. The van der Waals surface area contributed by atoms with Gasteiger partial charge in [0.2, 0.25) is 0 Å². The highest BCUT2D eigenvalue weighted by Crippen LogP contribution is 2.43. The van der Waals surface area contributed by atoms with Crippen LogP contribution in [0.2, 0.25) is 0 Å². The van der Waals surface area contributed by atoms with E-state index in [1.165, 1.54) is 70.6 Å². The highest BCUT2D eigenvalue weighted by atomic mass is 16.5. The minimum Gasteiger partial charge on any atom is -0.492 e. The van der Waals surface area contributed by atoms with Crippen molar-refractivity contribution in [2.75, 3.05) is 6.61 Å². The standard InChI is InChI=1S/C36H52N2O3/c1-3-5-7-9-11-13-15-27-40-33-20-21-34(38-28-33)30-16-18-32(19-17-30)41-35(39)31-22-25-36(29-37,26-23-31)24-14-12-10-8-6-4-2/h16-21,28,31H,3-15,22-27H2,1-2H3/t31-,36-. The molecule has 5 heteroatoms. The van der Waals surface area contributed by atoms with E-state index in [4.69, 9.17) is 9.47 Å². The molecule has 41 heavy (non-hydrogen) atoms. The molecular formula is C36H52N2O3. The third-order valence-corrected chi connectivity index (χ3v) is 8.64. The van der Waals surface area contributed by atoms with E-state index >= 15 is 0 Å². The number of aromatic nitrogens is 1. The van der Waals surface area contributed by atoms with Crippen molar-refractivity contribution < 1.29 is 14.3 Å². The topological polar surface area (TPSA) is 72.2 Å². The van der Waals surface area contributed by atoms with E-state index in [2.05, 4.69) is 24.9 Å². The molecule has 3 rings (SSSR count). The van der Waals surface area contributed by atoms with E-state index in [9.17, 15) is 10.1 Å². The van der Waals surface area contributed by atoms with E-state index in [-0.39, 0.29) is 17.3 Å². The number of benzene rings is 1. The van der Waals surface area contributed by atoms with Gasteiger partial charge in [-0.25, -0.2) is 0 Å². The summed E-state index contributed by atoms with van der Waals surface area (Å²) >= 11 is 0. The third kappa shape index (κ3) is 11.5. The number of nitrogens with zero attached hydrogens (tertiary/aromatic N) is 2. The van der Waals surface area contributed by atoms with Crippen molar-refractivity contribution in [3.63, 3.8) is 0 Å². The van der Waals surface area contributed by atoms with Gasteiger partial charge in [-0.2, -0.15) is 5.26 Å². The minimum absolute atomic E-state index is 0.129. The average molecular weight is 561 g/mol. The lowest BCUT2D eigenvalue weighted by atomic mass is 9.69. The molecule has 1 aliphatic rings. The summed E-state index contributed by atoms with van der Waals surface area (Å²) in [6.07, 6.45) is 22.1. The monoisotopic (exact) mass is 560 g/mol. The smallest absolute Gasteiger partial charge is 0.314 e. The predicted octanol–water partition coefficient (Wildman–Crippen LogP) is 10.2. The molecule has 0 spiro atoms. The molecule has 1 aliphatic carbocycles. The number of carbonyl (C=O) groups excluding carboxylic acids is 1. The first-order chi connectivity index (χ1) is 20.1. The second kappa shape index (κ2) is 18.5. The molecule has 0 N–H and O–H groups in total. The van der Waals surface area contributed by atoms with Crippen molar-refractivity contribution >= 4 is 5.97 Å². The highest BCUT2D eigenvalue weighted by Gasteiger charge is 2.38. The van der Waals surface area contributed by atoms with Crippen LogP contribution in [0.4, 0.5) is 0 Å². The molecule has 0 saturated heterocycles. The van der Waals surface area contributed by atoms with Gasteiger partial charge in [0.15, 0.2) is 0 Å². The quantitative estimate of drug-likeness (QED) is 0.0970. The molecule has 0 aliphatic heterocycles. The summed E-state index contributed by atoms with van der Waals surface area (Å²) in [6.45, 7) is 5.21. The molecule has 224 valence electrons. The summed E-state index contributed by atoms with van der Waals surface area (Å²) in [7, 11) is 0.